The fraction of sp³-hybridized carbons (Fsp3) is 0.462. The molecule has 0 spiro atoms. The predicted octanol–water partition coefficient (Wildman–Crippen LogP) is 2.54. The summed E-state index contributed by atoms with van der Waals surface area (Å²) in [7, 11) is 0. The number of benzene rings is 1. The minimum absolute atomic E-state index is 0.508. The Hall–Kier alpha value is -1.35. The van der Waals surface area contributed by atoms with E-state index in [0.717, 1.165) is 12.2 Å². The molecular formula is C13H19N3. The first-order chi connectivity index (χ1) is 7.76. The molecule has 0 bridgehead atoms. The van der Waals surface area contributed by atoms with Gasteiger partial charge in [-0.25, -0.2) is 0 Å². The molecular weight excluding hydrogens is 198 g/mol. The Labute approximate surface area is 96.2 Å². The van der Waals surface area contributed by atoms with E-state index >= 15 is 0 Å². The summed E-state index contributed by atoms with van der Waals surface area (Å²) >= 11 is 0. The topological polar surface area (TPSA) is 43.8 Å². The third kappa shape index (κ3) is 1.95. The van der Waals surface area contributed by atoms with E-state index in [-0.39, 0.29) is 0 Å². The standard InChI is InChI=1S/C13H19N3/c1-3-10(2)9-16-13-7-5-4-6-11(13)12(8-14)15-16/h4-7,10H,3,8-9,14H2,1-2H3. The minimum Gasteiger partial charge on any atom is -0.325 e. The van der Waals surface area contributed by atoms with Crippen molar-refractivity contribution in [1.29, 1.82) is 0 Å². The Morgan fingerprint density at radius 3 is 2.81 bits per heavy atom. The zero-order valence-electron chi connectivity index (χ0n) is 9.98. The molecule has 0 radical (unpaired) electrons. The molecule has 0 aliphatic carbocycles. The van der Waals surface area contributed by atoms with Crippen molar-refractivity contribution in [2.24, 2.45) is 11.7 Å². The number of hydrogen-bond donors (Lipinski definition) is 1. The average molecular weight is 217 g/mol. The van der Waals surface area contributed by atoms with Crippen LogP contribution in [0.25, 0.3) is 10.9 Å². The van der Waals surface area contributed by atoms with E-state index in [0.29, 0.717) is 12.5 Å². The summed E-state index contributed by atoms with van der Waals surface area (Å²) in [5.41, 5.74) is 7.91. The molecule has 1 atom stereocenters. The first kappa shape index (κ1) is 11.1. The lowest BCUT2D eigenvalue weighted by atomic mass is 10.1. The molecule has 3 heteroatoms. The van der Waals surface area contributed by atoms with Crippen molar-refractivity contribution in [3.63, 3.8) is 0 Å². The summed E-state index contributed by atoms with van der Waals surface area (Å²) in [6.07, 6.45) is 1.17. The van der Waals surface area contributed by atoms with Gasteiger partial charge in [0, 0.05) is 18.5 Å². The van der Waals surface area contributed by atoms with Gasteiger partial charge in [-0.05, 0) is 12.0 Å². The summed E-state index contributed by atoms with van der Waals surface area (Å²) < 4.78 is 2.09. The number of nitrogens with zero attached hydrogens (tertiary/aromatic N) is 2. The lowest BCUT2D eigenvalue weighted by Crippen LogP contribution is -2.09. The Morgan fingerprint density at radius 1 is 1.38 bits per heavy atom. The van der Waals surface area contributed by atoms with Crippen molar-refractivity contribution in [3.05, 3.63) is 30.0 Å². The van der Waals surface area contributed by atoms with Crippen LogP contribution in [0.5, 0.6) is 0 Å². The van der Waals surface area contributed by atoms with E-state index in [2.05, 4.69) is 41.8 Å². The maximum Gasteiger partial charge on any atom is 0.0838 e. The Bertz CT molecular complexity index is 473. The van der Waals surface area contributed by atoms with Crippen molar-refractivity contribution in [2.45, 2.75) is 33.4 Å². The SMILES string of the molecule is CCC(C)Cn1nc(CN)c2ccccc21. The summed E-state index contributed by atoms with van der Waals surface area (Å²) in [4.78, 5) is 0. The van der Waals surface area contributed by atoms with Gasteiger partial charge in [-0.1, -0.05) is 38.5 Å². The summed E-state index contributed by atoms with van der Waals surface area (Å²) in [5, 5.41) is 5.78. The van der Waals surface area contributed by atoms with Crippen molar-refractivity contribution < 1.29 is 0 Å². The van der Waals surface area contributed by atoms with E-state index in [1.54, 1.807) is 0 Å². The van der Waals surface area contributed by atoms with Crippen LogP contribution in [-0.4, -0.2) is 9.78 Å². The van der Waals surface area contributed by atoms with Crippen molar-refractivity contribution in [1.82, 2.24) is 9.78 Å². The lowest BCUT2D eigenvalue weighted by molar-refractivity contribution is 0.446. The van der Waals surface area contributed by atoms with Crippen LogP contribution in [-0.2, 0) is 13.1 Å². The van der Waals surface area contributed by atoms with Crippen LogP contribution >= 0.6 is 0 Å². The molecule has 3 nitrogen and oxygen atoms in total. The number of para-hydroxylation sites is 1. The fourth-order valence-corrected chi connectivity index (χ4v) is 1.91. The molecule has 0 saturated carbocycles. The van der Waals surface area contributed by atoms with Crippen LogP contribution in [0.4, 0.5) is 0 Å². The van der Waals surface area contributed by atoms with Gasteiger partial charge in [0.05, 0.1) is 11.2 Å². The second kappa shape index (κ2) is 4.66. The van der Waals surface area contributed by atoms with Gasteiger partial charge in [-0.3, -0.25) is 4.68 Å². The molecule has 1 aromatic carbocycles. The first-order valence-corrected chi connectivity index (χ1v) is 5.90. The van der Waals surface area contributed by atoms with Gasteiger partial charge < -0.3 is 5.73 Å². The van der Waals surface area contributed by atoms with E-state index in [4.69, 9.17) is 5.73 Å². The van der Waals surface area contributed by atoms with Gasteiger partial charge >= 0.3 is 0 Å². The lowest BCUT2D eigenvalue weighted by Gasteiger charge is -2.09. The maximum absolute atomic E-state index is 5.72. The van der Waals surface area contributed by atoms with E-state index < -0.39 is 0 Å². The molecule has 0 aliphatic rings. The number of nitrogens with two attached hydrogens (primary N) is 1. The largest absolute Gasteiger partial charge is 0.325 e. The normalized spacial score (nSPS) is 13.2. The van der Waals surface area contributed by atoms with Gasteiger partial charge in [0.2, 0.25) is 0 Å². The molecule has 0 saturated heterocycles. The number of fused-ring (bicyclic) bond motifs is 1. The molecule has 0 fully saturated rings. The predicted molar refractivity (Wildman–Crippen MR) is 67.1 cm³/mol. The average Bonchev–Trinajstić information content (AvgIpc) is 2.68. The van der Waals surface area contributed by atoms with Gasteiger partial charge in [-0.15, -0.1) is 0 Å². The highest BCUT2D eigenvalue weighted by Gasteiger charge is 2.10. The zero-order valence-corrected chi connectivity index (χ0v) is 9.98. The molecule has 1 unspecified atom stereocenters. The number of rotatable bonds is 4. The fourth-order valence-electron chi connectivity index (χ4n) is 1.91. The van der Waals surface area contributed by atoms with Crippen LogP contribution < -0.4 is 5.73 Å². The van der Waals surface area contributed by atoms with Crippen LogP contribution in [0, 0.1) is 5.92 Å². The quantitative estimate of drug-likeness (QED) is 0.855. The van der Waals surface area contributed by atoms with Gasteiger partial charge in [0.1, 0.15) is 0 Å². The van der Waals surface area contributed by atoms with E-state index in [9.17, 15) is 0 Å². The number of hydrogen-bond acceptors (Lipinski definition) is 2. The molecule has 0 amide bonds. The second-order valence-corrected chi connectivity index (χ2v) is 4.36. The molecule has 1 heterocycles. The number of aromatic nitrogens is 2. The van der Waals surface area contributed by atoms with Crippen molar-refractivity contribution in [2.75, 3.05) is 0 Å². The highest BCUT2D eigenvalue weighted by atomic mass is 15.3. The summed E-state index contributed by atoms with van der Waals surface area (Å²) in [6, 6.07) is 8.30. The highest BCUT2D eigenvalue weighted by molar-refractivity contribution is 5.81. The summed E-state index contributed by atoms with van der Waals surface area (Å²) in [5.74, 6) is 0.647. The van der Waals surface area contributed by atoms with Crippen LogP contribution in [0.15, 0.2) is 24.3 Å². The molecule has 2 rings (SSSR count). The molecule has 0 aliphatic heterocycles. The van der Waals surface area contributed by atoms with Gasteiger partial charge in [0.15, 0.2) is 0 Å². The monoisotopic (exact) mass is 217 g/mol. The smallest absolute Gasteiger partial charge is 0.0838 e. The Morgan fingerprint density at radius 2 is 2.12 bits per heavy atom. The molecule has 2 aromatic rings. The van der Waals surface area contributed by atoms with Crippen molar-refractivity contribution >= 4 is 10.9 Å². The third-order valence-electron chi connectivity index (χ3n) is 3.11. The molecule has 2 N–H and O–H groups in total. The van der Waals surface area contributed by atoms with Crippen LogP contribution in [0.1, 0.15) is 26.0 Å². The van der Waals surface area contributed by atoms with Gasteiger partial charge in [0.25, 0.3) is 0 Å². The summed E-state index contributed by atoms with van der Waals surface area (Å²) in [6.45, 7) is 5.93. The molecule has 1 aromatic heterocycles. The molecule has 86 valence electrons. The second-order valence-electron chi connectivity index (χ2n) is 4.36. The highest BCUT2D eigenvalue weighted by Crippen LogP contribution is 2.19. The third-order valence-corrected chi connectivity index (χ3v) is 3.11. The maximum atomic E-state index is 5.72. The Balaban J connectivity index is 2.45. The molecule has 16 heavy (non-hydrogen) atoms. The van der Waals surface area contributed by atoms with E-state index in [1.165, 1.54) is 17.3 Å². The van der Waals surface area contributed by atoms with Crippen LogP contribution in [0.3, 0.4) is 0 Å². The zero-order chi connectivity index (χ0) is 11.5. The van der Waals surface area contributed by atoms with Crippen molar-refractivity contribution in [3.8, 4) is 0 Å². The van der Waals surface area contributed by atoms with E-state index in [1.807, 2.05) is 6.07 Å². The Kier molecular flexibility index (Phi) is 3.25. The minimum atomic E-state index is 0.508. The van der Waals surface area contributed by atoms with Gasteiger partial charge in [-0.2, -0.15) is 5.10 Å². The first-order valence-electron chi connectivity index (χ1n) is 5.90. The van der Waals surface area contributed by atoms with Crippen LogP contribution in [0.2, 0.25) is 0 Å².